The number of aliphatic imine (C=N–C) groups is 1. The second kappa shape index (κ2) is 9.52. The molecule has 2 N–H and O–H groups in total. The Morgan fingerprint density at radius 2 is 1.88 bits per heavy atom. The van der Waals surface area contributed by atoms with E-state index in [1.165, 1.54) is 19.3 Å². The molecule has 1 fully saturated rings. The fourth-order valence-corrected chi connectivity index (χ4v) is 2.80. The monoisotopic (exact) mass is 350 g/mol. The van der Waals surface area contributed by atoms with Crippen LogP contribution in [0.5, 0.6) is 0 Å². The summed E-state index contributed by atoms with van der Waals surface area (Å²) in [6, 6.07) is 8.10. The van der Waals surface area contributed by atoms with Crippen LogP contribution in [-0.2, 0) is 11.3 Å². The molecule has 0 bridgehead atoms. The summed E-state index contributed by atoms with van der Waals surface area (Å²) in [4.78, 5) is 18.0. The van der Waals surface area contributed by atoms with Gasteiger partial charge in [0, 0.05) is 25.2 Å². The highest BCUT2D eigenvalue weighted by molar-refractivity contribution is 6.30. The number of carbonyl (C=O) groups is 1. The smallest absolute Gasteiger partial charge is 0.241 e. The summed E-state index contributed by atoms with van der Waals surface area (Å²) in [5, 5.41) is 7.35. The molecule has 1 amide bonds. The number of guanidine groups is 1. The number of amides is 1. The number of hydrogen-bond acceptors (Lipinski definition) is 2. The molecule has 0 aliphatic heterocycles. The summed E-state index contributed by atoms with van der Waals surface area (Å²) < 4.78 is 0. The summed E-state index contributed by atoms with van der Waals surface area (Å²) >= 11 is 5.91. The van der Waals surface area contributed by atoms with Crippen LogP contribution in [0.1, 0.15) is 37.7 Å². The lowest BCUT2D eigenvalue weighted by Gasteiger charge is -2.25. The lowest BCUT2D eigenvalue weighted by molar-refractivity contribution is -0.127. The molecule has 1 saturated carbocycles. The van der Waals surface area contributed by atoms with Crippen LogP contribution in [0.2, 0.25) is 5.02 Å². The molecule has 1 aliphatic carbocycles. The van der Waals surface area contributed by atoms with Gasteiger partial charge in [-0.05, 0) is 30.5 Å². The van der Waals surface area contributed by atoms with Gasteiger partial charge in [0.25, 0.3) is 0 Å². The van der Waals surface area contributed by atoms with E-state index in [2.05, 4.69) is 15.6 Å². The molecule has 0 aromatic heterocycles. The molecule has 6 heteroatoms. The van der Waals surface area contributed by atoms with E-state index in [9.17, 15) is 4.79 Å². The normalized spacial score (nSPS) is 15.9. The van der Waals surface area contributed by atoms with Gasteiger partial charge in [-0.2, -0.15) is 0 Å². The third-order valence-electron chi connectivity index (χ3n) is 4.18. The van der Waals surface area contributed by atoms with Gasteiger partial charge in [0.2, 0.25) is 5.91 Å². The van der Waals surface area contributed by atoms with Gasteiger partial charge in [-0.15, -0.1) is 0 Å². The van der Waals surface area contributed by atoms with Crippen LogP contribution in [0.25, 0.3) is 0 Å². The predicted octanol–water partition coefficient (Wildman–Crippen LogP) is 2.80. The van der Waals surface area contributed by atoms with Crippen molar-refractivity contribution in [3.8, 4) is 0 Å². The number of likely N-dealkylation sites (N-methyl/N-ethyl adjacent to an activating group) is 1. The number of rotatable bonds is 5. The molecule has 5 nitrogen and oxygen atoms in total. The average Bonchev–Trinajstić information content (AvgIpc) is 2.59. The van der Waals surface area contributed by atoms with Crippen molar-refractivity contribution in [2.75, 3.05) is 20.6 Å². The second-order valence-corrected chi connectivity index (χ2v) is 6.85. The van der Waals surface area contributed by atoms with E-state index in [4.69, 9.17) is 11.6 Å². The Morgan fingerprint density at radius 3 is 2.50 bits per heavy atom. The van der Waals surface area contributed by atoms with Crippen LogP contribution in [0, 0.1) is 0 Å². The lowest BCUT2D eigenvalue weighted by Crippen LogP contribution is -2.47. The molecule has 1 aromatic rings. The molecule has 132 valence electrons. The van der Waals surface area contributed by atoms with Crippen molar-refractivity contribution in [1.29, 1.82) is 0 Å². The van der Waals surface area contributed by atoms with Gasteiger partial charge < -0.3 is 15.5 Å². The van der Waals surface area contributed by atoms with E-state index in [0.717, 1.165) is 23.4 Å². The summed E-state index contributed by atoms with van der Waals surface area (Å²) in [5.41, 5.74) is 1.09. The molecule has 1 aliphatic rings. The van der Waals surface area contributed by atoms with Crippen LogP contribution in [0.3, 0.4) is 0 Å². The van der Waals surface area contributed by atoms with Crippen LogP contribution in [0.4, 0.5) is 0 Å². The quantitative estimate of drug-likeness (QED) is 0.634. The van der Waals surface area contributed by atoms with Crippen molar-refractivity contribution < 1.29 is 4.79 Å². The first-order valence-corrected chi connectivity index (χ1v) is 8.92. The highest BCUT2D eigenvalue weighted by Gasteiger charge is 2.15. The van der Waals surface area contributed by atoms with Gasteiger partial charge >= 0.3 is 0 Å². The van der Waals surface area contributed by atoms with E-state index < -0.39 is 0 Å². The molecular weight excluding hydrogens is 324 g/mol. The maximum atomic E-state index is 11.8. The largest absolute Gasteiger partial charge is 0.354 e. The summed E-state index contributed by atoms with van der Waals surface area (Å²) in [7, 11) is 3.51. The third-order valence-corrected chi connectivity index (χ3v) is 4.44. The molecule has 2 rings (SSSR count). The van der Waals surface area contributed by atoms with E-state index >= 15 is 0 Å². The molecule has 0 radical (unpaired) electrons. The van der Waals surface area contributed by atoms with Crippen molar-refractivity contribution in [3.05, 3.63) is 34.9 Å². The van der Waals surface area contributed by atoms with Crippen molar-refractivity contribution >= 4 is 23.5 Å². The zero-order valence-electron chi connectivity index (χ0n) is 14.5. The second-order valence-electron chi connectivity index (χ2n) is 6.41. The molecule has 1 aromatic carbocycles. The van der Waals surface area contributed by atoms with Gasteiger partial charge in [-0.25, -0.2) is 4.99 Å². The van der Waals surface area contributed by atoms with Crippen LogP contribution in [0.15, 0.2) is 29.3 Å². The molecule has 0 saturated heterocycles. The summed E-state index contributed by atoms with van der Waals surface area (Å²) in [6.45, 7) is 0.793. The van der Waals surface area contributed by atoms with E-state index in [-0.39, 0.29) is 12.5 Å². The number of carbonyl (C=O) groups excluding carboxylic acids is 1. The van der Waals surface area contributed by atoms with Gasteiger partial charge in [-0.3, -0.25) is 4.79 Å². The zero-order valence-corrected chi connectivity index (χ0v) is 15.3. The number of halogens is 1. The molecule has 0 unspecified atom stereocenters. The summed E-state index contributed by atoms with van der Waals surface area (Å²) in [6.07, 6.45) is 6.12. The average molecular weight is 351 g/mol. The molecule has 24 heavy (non-hydrogen) atoms. The summed E-state index contributed by atoms with van der Waals surface area (Å²) in [5.74, 6) is 0.728. The van der Waals surface area contributed by atoms with E-state index in [1.54, 1.807) is 19.0 Å². The van der Waals surface area contributed by atoms with Crippen LogP contribution >= 0.6 is 11.6 Å². The van der Waals surface area contributed by atoms with E-state index in [0.29, 0.717) is 18.5 Å². The van der Waals surface area contributed by atoms with Crippen molar-refractivity contribution in [3.63, 3.8) is 0 Å². The predicted molar refractivity (Wildman–Crippen MR) is 99.3 cm³/mol. The van der Waals surface area contributed by atoms with Crippen molar-refractivity contribution in [2.45, 2.75) is 44.7 Å². The topological polar surface area (TPSA) is 56.7 Å². The molecule has 0 heterocycles. The van der Waals surface area contributed by atoms with Gasteiger partial charge in [0.05, 0.1) is 13.1 Å². The van der Waals surface area contributed by atoms with Gasteiger partial charge in [-0.1, -0.05) is 43.0 Å². The minimum Gasteiger partial charge on any atom is -0.354 e. The Hall–Kier alpha value is -1.75. The first-order valence-electron chi connectivity index (χ1n) is 8.54. The molecule has 0 atom stereocenters. The highest BCUT2D eigenvalue weighted by atomic mass is 35.5. The number of nitrogens with zero attached hydrogens (tertiary/aromatic N) is 2. The van der Waals surface area contributed by atoms with Gasteiger partial charge in [0.1, 0.15) is 0 Å². The standard InChI is InChI=1S/C18H27ClN4O/c1-23(2)17(24)13-21-18(22-16-6-4-3-5-7-16)20-12-14-8-10-15(19)11-9-14/h8-11,16H,3-7,12-13H2,1-2H3,(H2,20,21,22). The van der Waals surface area contributed by atoms with E-state index in [1.807, 2.05) is 24.3 Å². The zero-order chi connectivity index (χ0) is 17.4. The Balaban J connectivity index is 1.97. The first-order chi connectivity index (χ1) is 11.5. The number of nitrogens with one attached hydrogen (secondary N) is 2. The SMILES string of the molecule is CN(C)C(=O)CNC(=NCc1ccc(Cl)cc1)NC1CCCCC1. The Kier molecular flexibility index (Phi) is 7.37. The minimum atomic E-state index is 0.0274. The maximum Gasteiger partial charge on any atom is 0.241 e. The van der Waals surface area contributed by atoms with Crippen molar-refractivity contribution in [2.24, 2.45) is 4.99 Å². The van der Waals surface area contributed by atoms with Crippen LogP contribution < -0.4 is 10.6 Å². The fraction of sp³-hybridized carbons (Fsp3) is 0.556. The Morgan fingerprint density at radius 1 is 1.21 bits per heavy atom. The fourth-order valence-electron chi connectivity index (χ4n) is 2.67. The minimum absolute atomic E-state index is 0.0274. The first kappa shape index (κ1) is 18.6. The van der Waals surface area contributed by atoms with Crippen LogP contribution in [-0.4, -0.2) is 43.4 Å². The Labute approximate surface area is 149 Å². The van der Waals surface area contributed by atoms with Gasteiger partial charge in [0.15, 0.2) is 5.96 Å². The number of hydrogen-bond donors (Lipinski definition) is 2. The molecule has 0 spiro atoms. The third kappa shape index (κ3) is 6.40. The maximum absolute atomic E-state index is 11.8. The highest BCUT2D eigenvalue weighted by Crippen LogP contribution is 2.17. The molecular formula is C18H27ClN4O. The lowest BCUT2D eigenvalue weighted by atomic mass is 9.96. The van der Waals surface area contributed by atoms with Crippen molar-refractivity contribution in [1.82, 2.24) is 15.5 Å². The number of benzene rings is 1. The Bertz CT molecular complexity index is 551.